The molecule has 1 N–H and O–H groups in total. The van der Waals surface area contributed by atoms with Crippen LogP contribution in [0, 0.1) is 11.3 Å². The molecule has 0 spiro atoms. The molecule has 0 saturated carbocycles. The minimum Gasteiger partial charge on any atom is -0.385 e. The fourth-order valence-corrected chi connectivity index (χ4v) is 2.48. The summed E-state index contributed by atoms with van der Waals surface area (Å²) in [5.41, 5.74) is 1.51. The third kappa shape index (κ3) is 3.63. The van der Waals surface area contributed by atoms with Crippen LogP contribution in [-0.2, 0) is 0 Å². The SMILES string of the molecule is N#Cc1ccc(NCCCN2CCCC2)cc1Cl. The first-order chi connectivity index (χ1) is 8.79. The first-order valence-electron chi connectivity index (χ1n) is 6.45. The lowest BCUT2D eigenvalue weighted by atomic mass is 10.2. The summed E-state index contributed by atoms with van der Waals surface area (Å²) < 4.78 is 0. The number of anilines is 1. The summed E-state index contributed by atoms with van der Waals surface area (Å²) in [5, 5.41) is 12.6. The summed E-state index contributed by atoms with van der Waals surface area (Å²) >= 11 is 5.98. The van der Waals surface area contributed by atoms with Gasteiger partial charge in [-0.1, -0.05) is 11.6 Å². The van der Waals surface area contributed by atoms with Gasteiger partial charge in [-0.3, -0.25) is 0 Å². The summed E-state index contributed by atoms with van der Waals surface area (Å²) in [6.45, 7) is 4.61. The van der Waals surface area contributed by atoms with E-state index in [-0.39, 0.29) is 0 Å². The Balaban J connectivity index is 1.73. The van der Waals surface area contributed by atoms with Crippen molar-refractivity contribution in [2.24, 2.45) is 0 Å². The van der Waals surface area contributed by atoms with Gasteiger partial charge in [0, 0.05) is 12.2 Å². The first-order valence-corrected chi connectivity index (χ1v) is 6.83. The second-order valence-electron chi connectivity index (χ2n) is 4.64. The Morgan fingerprint density at radius 1 is 1.33 bits per heavy atom. The van der Waals surface area contributed by atoms with Gasteiger partial charge in [0.15, 0.2) is 0 Å². The van der Waals surface area contributed by atoms with Crippen molar-refractivity contribution >= 4 is 17.3 Å². The Labute approximate surface area is 113 Å². The summed E-state index contributed by atoms with van der Waals surface area (Å²) in [7, 11) is 0. The molecule has 96 valence electrons. The third-order valence-electron chi connectivity index (χ3n) is 3.27. The van der Waals surface area contributed by atoms with Crippen molar-refractivity contribution < 1.29 is 0 Å². The van der Waals surface area contributed by atoms with Crippen LogP contribution in [0.15, 0.2) is 18.2 Å². The number of hydrogen-bond donors (Lipinski definition) is 1. The molecular formula is C14H18ClN3. The van der Waals surface area contributed by atoms with Crippen molar-refractivity contribution in [1.82, 2.24) is 4.90 Å². The molecule has 1 saturated heterocycles. The number of likely N-dealkylation sites (tertiary alicyclic amines) is 1. The first kappa shape index (κ1) is 13.2. The van der Waals surface area contributed by atoms with Gasteiger partial charge in [0.25, 0.3) is 0 Å². The van der Waals surface area contributed by atoms with E-state index >= 15 is 0 Å². The van der Waals surface area contributed by atoms with Gasteiger partial charge < -0.3 is 10.2 Å². The van der Waals surface area contributed by atoms with E-state index in [0.29, 0.717) is 10.6 Å². The van der Waals surface area contributed by atoms with Crippen molar-refractivity contribution in [2.45, 2.75) is 19.3 Å². The van der Waals surface area contributed by atoms with E-state index < -0.39 is 0 Å². The molecule has 4 heteroatoms. The molecule has 1 aromatic carbocycles. The highest BCUT2D eigenvalue weighted by Crippen LogP contribution is 2.20. The lowest BCUT2D eigenvalue weighted by molar-refractivity contribution is 0.337. The summed E-state index contributed by atoms with van der Waals surface area (Å²) in [6, 6.07) is 7.53. The van der Waals surface area contributed by atoms with E-state index in [2.05, 4.69) is 16.3 Å². The van der Waals surface area contributed by atoms with Crippen LogP contribution in [0.1, 0.15) is 24.8 Å². The average Bonchev–Trinajstić information content (AvgIpc) is 2.88. The van der Waals surface area contributed by atoms with Gasteiger partial charge in [0.2, 0.25) is 0 Å². The number of rotatable bonds is 5. The molecule has 1 aliphatic heterocycles. The number of nitrogens with one attached hydrogen (secondary N) is 1. The fourth-order valence-electron chi connectivity index (χ4n) is 2.26. The Morgan fingerprint density at radius 3 is 2.78 bits per heavy atom. The highest BCUT2D eigenvalue weighted by molar-refractivity contribution is 6.32. The number of nitriles is 1. The molecule has 1 aromatic rings. The van der Waals surface area contributed by atoms with Crippen molar-refractivity contribution in [1.29, 1.82) is 5.26 Å². The Kier molecular flexibility index (Phi) is 4.86. The van der Waals surface area contributed by atoms with Gasteiger partial charge in [0.1, 0.15) is 6.07 Å². The maximum atomic E-state index is 8.78. The zero-order valence-corrected chi connectivity index (χ0v) is 11.2. The zero-order valence-electron chi connectivity index (χ0n) is 10.5. The summed E-state index contributed by atoms with van der Waals surface area (Å²) in [5.74, 6) is 0. The van der Waals surface area contributed by atoms with Crippen LogP contribution in [-0.4, -0.2) is 31.1 Å². The quantitative estimate of drug-likeness (QED) is 0.830. The number of benzene rings is 1. The Morgan fingerprint density at radius 2 is 2.11 bits per heavy atom. The van der Waals surface area contributed by atoms with E-state index in [0.717, 1.165) is 25.2 Å². The van der Waals surface area contributed by atoms with Crippen LogP contribution < -0.4 is 5.32 Å². The Hall–Kier alpha value is -1.24. The molecule has 18 heavy (non-hydrogen) atoms. The largest absolute Gasteiger partial charge is 0.385 e. The van der Waals surface area contributed by atoms with Crippen LogP contribution >= 0.6 is 11.6 Å². The van der Waals surface area contributed by atoms with Gasteiger partial charge in [-0.15, -0.1) is 0 Å². The number of hydrogen-bond acceptors (Lipinski definition) is 3. The molecule has 0 aliphatic carbocycles. The molecule has 0 aromatic heterocycles. The molecule has 0 radical (unpaired) electrons. The number of halogens is 1. The van der Waals surface area contributed by atoms with Gasteiger partial charge in [-0.05, 0) is 57.1 Å². The maximum Gasteiger partial charge on any atom is 0.101 e. The zero-order chi connectivity index (χ0) is 12.8. The van der Waals surface area contributed by atoms with E-state index in [9.17, 15) is 0 Å². The smallest absolute Gasteiger partial charge is 0.101 e. The summed E-state index contributed by atoms with van der Waals surface area (Å²) in [4.78, 5) is 2.51. The van der Waals surface area contributed by atoms with E-state index in [1.165, 1.54) is 25.9 Å². The standard InChI is InChI=1S/C14H18ClN3/c15-14-10-13(5-4-12(14)11-16)17-6-3-9-18-7-1-2-8-18/h4-5,10,17H,1-3,6-9H2. The lowest BCUT2D eigenvalue weighted by Crippen LogP contribution is -2.22. The molecule has 2 rings (SSSR count). The minimum atomic E-state index is 0.516. The molecular weight excluding hydrogens is 246 g/mol. The molecule has 0 amide bonds. The molecule has 3 nitrogen and oxygen atoms in total. The second kappa shape index (κ2) is 6.63. The third-order valence-corrected chi connectivity index (χ3v) is 3.58. The average molecular weight is 264 g/mol. The van der Waals surface area contributed by atoms with Crippen LogP contribution in [0.5, 0.6) is 0 Å². The van der Waals surface area contributed by atoms with Gasteiger partial charge in [-0.25, -0.2) is 0 Å². The Bertz CT molecular complexity index is 433. The van der Waals surface area contributed by atoms with Crippen molar-refractivity contribution in [3.05, 3.63) is 28.8 Å². The van der Waals surface area contributed by atoms with Crippen LogP contribution in [0.3, 0.4) is 0 Å². The van der Waals surface area contributed by atoms with Crippen molar-refractivity contribution in [3.63, 3.8) is 0 Å². The van der Waals surface area contributed by atoms with Crippen molar-refractivity contribution in [3.8, 4) is 6.07 Å². The topological polar surface area (TPSA) is 39.1 Å². The fraction of sp³-hybridized carbons (Fsp3) is 0.500. The van der Waals surface area contributed by atoms with Crippen molar-refractivity contribution in [2.75, 3.05) is 31.5 Å². The highest BCUT2D eigenvalue weighted by atomic mass is 35.5. The monoisotopic (exact) mass is 263 g/mol. The van der Waals surface area contributed by atoms with Crippen LogP contribution in [0.25, 0.3) is 0 Å². The molecule has 1 heterocycles. The summed E-state index contributed by atoms with van der Waals surface area (Å²) in [6.07, 6.45) is 3.83. The maximum absolute atomic E-state index is 8.78. The molecule has 0 unspecified atom stereocenters. The molecule has 0 bridgehead atoms. The normalized spacial score (nSPS) is 15.6. The van der Waals surface area contributed by atoms with Crippen LogP contribution in [0.2, 0.25) is 5.02 Å². The van der Waals surface area contributed by atoms with Gasteiger partial charge in [0.05, 0.1) is 10.6 Å². The minimum absolute atomic E-state index is 0.516. The van der Waals surface area contributed by atoms with Gasteiger partial charge >= 0.3 is 0 Å². The van der Waals surface area contributed by atoms with E-state index in [1.807, 2.05) is 12.1 Å². The molecule has 1 fully saturated rings. The molecule has 0 atom stereocenters. The van der Waals surface area contributed by atoms with Gasteiger partial charge in [-0.2, -0.15) is 5.26 Å². The predicted octanol–water partition coefficient (Wildman–Crippen LogP) is 3.11. The highest BCUT2D eigenvalue weighted by Gasteiger charge is 2.10. The van der Waals surface area contributed by atoms with E-state index in [1.54, 1.807) is 6.07 Å². The number of nitrogens with zero attached hydrogens (tertiary/aromatic N) is 2. The predicted molar refractivity (Wildman–Crippen MR) is 74.9 cm³/mol. The lowest BCUT2D eigenvalue weighted by Gasteiger charge is -2.14. The van der Waals surface area contributed by atoms with E-state index in [4.69, 9.17) is 16.9 Å². The second-order valence-corrected chi connectivity index (χ2v) is 5.04. The van der Waals surface area contributed by atoms with Crippen LogP contribution in [0.4, 0.5) is 5.69 Å². The molecule has 1 aliphatic rings.